The van der Waals surface area contributed by atoms with Crippen molar-refractivity contribution in [2.24, 2.45) is 0 Å². The zero-order valence-electron chi connectivity index (χ0n) is 12.6. The Kier molecular flexibility index (Phi) is 9.04. The normalized spacial score (nSPS) is 12.7. The molecule has 120 valence electrons. The first-order valence-corrected chi connectivity index (χ1v) is 8.01. The smallest absolute Gasteiger partial charge is 0.138 e. The number of benzene rings is 1. The van der Waals surface area contributed by atoms with Crippen molar-refractivity contribution in [1.29, 1.82) is 0 Å². The molecule has 1 aromatic carbocycles. The highest BCUT2D eigenvalue weighted by molar-refractivity contribution is 6.35. The predicted molar refractivity (Wildman–Crippen MR) is 88.6 cm³/mol. The first kappa shape index (κ1) is 18.5. The molecule has 0 saturated carbocycles. The van der Waals surface area contributed by atoms with Crippen LogP contribution in [0.3, 0.4) is 0 Å². The lowest BCUT2D eigenvalue weighted by molar-refractivity contribution is 0.106. The second-order valence-corrected chi connectivity index (χ2v) is 5.61. The van der Waals surface area contributed by atoms with Crippen LogP contribution in [0.15, 0.2) is 18.2 Å². The summed E-state index contributed by atoms with van der Waals surface area (Å²) in [7, 11) is 0. The lowest BCUT2D eigenvalue weighted by Crippen LogP contribution is -2.37. The molecule has 4 nitrogen and oxygen atoms in total. The van der Waals surface area contributed by atoms with E-state index in [1.807, 2.05) is 0 Å². The van der Waals surface area contributed by atoms with Gasteiger partial charge in [0.05, 0.1) is 5.02 Å². The number of likely N-dealkylation sites (N-methyl/N-ethyl adjacent to an activating group) is 1. The Hall–Kier alpha value is -0.520. The number of aliphatic hydroxyl groups is 1. The van der Waals surface area contributed by atoms with Crippen molar-refractivity contribution in [3.63, 3.8) is 0 Å². The van der Waals surface area contributed by atoms with Gasteiger partial charge >= 0.3 is 0 Å². The average Bonchev–Trinajstić information content (AvgIpc) is 2.46. The molecule has 1 atom stereocenters. The monoisotopic (exact) mass is 334 g/mol. The minimum atomic E-state index is -0.576. The van der Waals surface area contributed by atoms with Gasteiger partial charge < -0.3 is 20.1 Å². The first-order chi connectivity index (χ1) is 10.1. The lowest BCUT2D eigenvalue weighted by atomic mass is 10.3. The van der Waals surface area contributed by atoms with Crippen molar-refractivity contribution in [2.75, 3.05) is 39.3 Å². The predicted octanol–water partition coefficient (Wildman–Crippen LogP) is 2.66. The molecule has 0 bridgehead atoms. The van der Waals surface area contributed by atoms with Crippen molar-refractivity contribution in [2.45, 2.75) is 20.0 Å². The van der Waals surface area contributed by atoms with Crippen LogP contribution in [-0.4, -0.2) is 55.4 Å². The Balaban J connectivity index is 2.20. The fraction of sp³-hybridized carbons (Fsp3) is 0.600. The third kappa shape index (κ3) is 7.34. The van der Waals surface area contributed by atoms with E-state index >= 15 is 0 Å². The van der Waals surface area contributed by atoms with Crippen LogP contribution in [0.2, 0.25) is 10.0 Å². The number of ether oxygens (including phenoxy) is 1. The van der Waals surface area contributed by atoms with Gasteiger partial charge in [-0.1, -0.05) is 37.0 Å². The van der Waals surface area contributed by atoms with E-state index in [4.69, 9.17) is 27.9 Å². The highest BCUT2D eigenvalue weighted by Gasteiger charge is 2.08. The molecule has 0 fully saturated rings. The molecule has 0 saturated heterocycles. The summed E-state index contributed by atoms with van der Waals surface area (Å²) in [5, 5.41) is 14.1. The number of halogens is 2. The summed E-state index contributed by atoms with van der Waals surface area (Å²) in [4.78, 5) is 2.32. The number of nitrogens with zero attached hydrogens (tertiary/aromatic N) is 1. The molecular weight excluding hydrogens is 311 g/mol. The number of nitrogens with one attached hydrogen (secondary N) is 1. The number of aliphatic hydroxyl groups excluding tert-OH is 1. The molecule has 0 heterocycles. The number of hydrogen-bond acceptors (Lipinski definition) is 4. The fourth-order valence-electron chi connectivity index (χ4n) is 1.88. The van der Waals surface area contributed by atoms with Crippen LogP contribution in [-0.2, 0) is 0 Å². The van der Waals surface area contributed by atoms with Crippen molar-refractivity contribution in [3.05, 3.63) is 28.2 Å². The minimum absolute atomic E-state index is 0.194. The van der Waals surface area contributed by atoms with Gasteiger partial charge in [-0.25, -0.2) is 0 Å². The zero-order chi connectivity index (χ0) is 15.7. The second kappa shape index (κ2) is 10.2. The topological polar surface area (TPSA) is 44.7 Å². The molecule has 0 aliphatic rings. The second-order valence-electron chi connectivity index (χ2n) is 4.77. The maximum absolute atomic E-state index is 9.87. The summed E-state index contributed by atoms with van der Waals surface area (Å²) in [5.74, 6) is 0.531. The number of rotatable bonds is 10. The minimum Gasteiger partial charge on any atom is -0.489 e. The van der Waals surface area contributed by atoms with E-state index in [9.17, 15) is 5.11 Å². The van der Waals surface area contributed by atoms with E-state index in [0.717, 1.165) is 26.2 Å². The van der Waals surface area contributed by atoms with Crippen LogP contribution in [0.4, 0.5) is 0 Å². The van der Waals surface area contributed by atoms with E-state index in [2.05, 4.69) is 24.1 Å². The quantitative estimate of drug-likeness (QED) is 0.646. The van der Waals surface area contributed by atoms with E-state index in [0.29, 0.717) is 22.3 Å². The van der Waals surface area contributed by atoms with Gasteiger partial charge in [0.15, 0.2) is 0 Å². The van der Waals surface area contributed by atoms with Crippen LogP contribution in [0.5, 0.6) is 5.75 Å². The molecule has 0 aliphatic carbocycles. The summed E-state index contributed by atoms with van der Waals surface area (Å²) in [6.07, 6.45) is -0.576. The molecular formula is C15H24Cl2N2O2. The molecule has 6 heteroatoms. The Morgan fingerprint density at radius 3 is 2.62 bits per heavy atom. The van der Waals surface area contributed by atoms with Gasteiger partial charge in [-0.3, -0.25) is 0 Å². The average molecular weight is 335 g/mol. The highest BCUT2D eigenvalue weighted by atomic mass is 35.5. The largest absolute Gasteiger partial charge is 0.489 e. The Morgan fingerprint density at radius 1 is 1.29 bits per heavy atom. The summed E-state index contributed by atoms with van der Waals surface area (Å²) in [5.41, 5.74) is 0. The van der Waals surface area contributed by atoms with Crippen LogP contribution in [0.1, 0.15) is 13.8 Å². The number of hydrogen-bond donors (Lipinski definition) is 2. The van der Waals surface area contributed by atoms with Gasteiger partial charge in [0.1, 0.15) is 18.5 Å². The van der Waals surface area contributed by atoms with Crippen LogP contribution >= 0.6 is 23.2 Å². The van der Waals surface area contributed by atoms with Crippen molar-refractivity contribution in [1.82, 2.24) is 10.2 Å². The fourth-order valence-corrected chi connectivity index (χ4v) is 2.35. The van der Waals surface area contributed by atoms with Gasteiger partial charge in [-0.05, 0) is 31.3 Å². The third-order valence-electron chi connectivity index (χ3n) is 3.20. The molecule has 2 N–H and O–H groups in total. The molecule has 1 aromatic rings. The highest BCUT2D eigenvalue weighted by Crippen LogP contribution is 2.27. The van der Waals surface area contributed by atoms with Gasteiger partial charge in [0.25, 0.3) is 0 Å². The van der Waals surface area contributed by atoms with Gasteiger partial charge in [0, 0.05) is 24.7 Å². The summed E-state index contributed by atoms with van der Waals surface area (Å²) < 4.78 is 5.48. The summed E-state index contributed by atoms with van der Waals surface area (Å²) >= 11 is 11.8. The van der Waals surface area contributed by atoms with Crippen molar-refractivity contribution in [3.8, 4) is 5.75 Å². The van der Waals surface area contributed by atoms with Crippen LogP contribution < -0.4 is 10.1 Å². The Morgan fingerprint density at radius 2 is 2.00 bits per heavy atom. The van der Waals surface area contributed by atoms with Crippen molar-refractivity contribution < 1.29 is 9.84 Å². The summed E-state index contributed by atoms with van der Waals surface area (Å²) in [6, 6.07) is 5.02. The van der Waals surface area contributed by atoms with Crippen LogP contribution in [0, 0.1) is 0 Å². The van der Waals surface area contributed by atoms with Gasteiger partial charge in [-0.15, -0.1) is 0 Å². The molecule has 0 radical (unpaired) electrons. The maximum atomic E-state index is 9.87. The van der Waals surface area contributed by atoms with E-state index in [-0.39, 0.29) is 6.61 Å². The molecule has 0 aromatic heterocycles. The molecule has 0 aliphatic heterocycles. The lowest BCUT2D eigenvalue weighted by Gasteiger charge is -2.19. The van der Waals surface area contributed by atoms with Crippen LogP contribution in [0.25, 0.3) is 0 Å². The molecule has 1 unspecified atom stereocenters. The van der Waals surface area contributed by atoms with Crippen molar-refractivity contribution >= 4 is 23.2 Å². The maximum Gasteiger partial charge on any atom is 0.138 e. The Labute approximate surface area is 137 Å². The van der Waals surface area contributed by atoms with E-state index < -0.39 is 6.10 Å². The molecule has 21 heavy (non-hydrogen) atoms. The summed E-state index contributed by atoms with van der Waals surface area (Å²) in [6.45, 7) is 8.87. The first-order valence-electron chi connectivity index (χ1n) is 7.25. The van der Waals surface area contributed by atoms with Gasteiger partial charge in [-0.2, -0.15) is 0 Å². The Bertz CT molecular complexity index is 415. The molecule has 0 spiro atoms. The van der Waals surface area contributed by atoms with E-state index in [1.54, 1.807) is 18.2 Å². The SMILES string of the molecule is CCN(CC)CCNCC(O)COc1ccc(Cl)cc1Cl. The zero-order valence-corrected chi connectivity index (χ0v) is 14.1. The van der Waals surface area contributed by atoms with Gasteiger partial charge in [0.2, 0.25) is 0 Å². The van der Waals surface area contributed by atoms with E-state index in [1.165, 1.54) is 0 Å². The standard InChI is InChI=1S/C15H24Cl2N2O2/c1-3-19(4-2)8-7-18-10-13(20)11-21-15-6-5-12(16)9-14(15)17/h5-6,9,13,18,20H,3-4,7-8,10-11H2,1-2H3. The third-order valence-corrected chi connectivity index (χ3v) is 3.73. The molecule has 0 amide bonds. The molecule has 1 rings (SSSR count).